The van der Waals surface area contributed by atoms with Crippen molar-refractivity contribution in [1.29, 1.82) is 0 Å². The Morgan fingerprint density at radius 1 is 1.07 bits per heavy atom. The van der Waals surface area contributed by atoms with Gasteiger partial charge in [0.25, 0.3) is 0 Å². The number of hydrogen-bond acceptors (Lipinski definition) is 4. The number of carbonyl (C=O) groups is 1. The SMILES string of the molecule is CCn1nc(-c2ccc(C)cc2C)cc1CC(=O)OCc1ccc2nn(C)cc2c1. The van der Waals surface area contributed by atoms with Crippen molar-refractivity contribution in [3.8, 4) is 11.3 Å². The van der Waals surface area contributed by atoms with Crippen molar-refractivity contribution in [2.75, 3.05) is 0 Å². The average Bonchev–Trinajstić information content (AvgIpc) is 3.27. The Morgan fingerprint density at radius 3 is 2.67 bits per heavy atom. The first-order chi connectivity index (χ1) is 14.4. The van der Waals surface area contributed by atoms with Gasteiger partial charge in [-0.25, -0.2) is 0 Å². The number of nitrogens with zero attached hydrogens (tertiary/aromatic N) is 4. The van der Waals surface area contributed by atoms with Crippen LogP contribution in [0, 0.1) is 13.8 Å². The van der Waals surface area contributed by atoms with Crippen molar-refractivity contribution in [3.63, 3.8) is 0 Å². The van der Waals surface area contributed by atoms with E-state index in [9.17, 15) is 4.79 Å². The first-order valence-electron chi connectivity index (χ1n) is 10.1. The van der Waals surface area contributed by atoms with E-state index in [-0.39, 0.29) is 19.0 Å². The molecule has 0 spiro atoms. The molecule has 154 valence electrons. The molecule has 6 nitrogen and oxygen atoms in total. The Kier molecular flexibility index (Phi) is 5.40. The summed E-state index contributed by atoms with van der Waals surface area (Å²) in [5.74, 6) is -0.261. The smallest absolute Gasteiger partial charge is 0.312 e. The Hall–Kier alpha value is -3.41. The molecule has 2 aromatic carbocycles. The van der Waals surface area contributed by atoms with Gasteiger partial charge < -0.3 is 4.74 Å². The maximum atomic E-state index is 12.5. The van der Waals surface area contributed by atoms with Crippen LogP contribution in [0.25, 0.3) is 22.2 Å². The number of carbonyl (C=O) groups excluding carboxylic acids is 1. The number of benzene rings is 2. The minimum atomic E-state index is -0.261. The van der Waals surface area contributed by atoms with E-state index >= 15 is 0 Å². The summed E-state index contributed by atoms with van der Waals surface area (Å²) in [6.07, 6.45) is 2.15. The van der Waals surface area contributed by atoms with Crippen molar-refractivity contribution < 1.29 is 9.53 Å². The second-order valence-electron chi connectivity index (χ2n) is 7.69. The standard InChI is InChI=1S/C24H26N4O2/c1-5-28-20(12-23(26-28)21-8-6-16(2)10-17(21)3)13-24(29)30-15-18-7-9-22-19(11-18)14-27(4)25-22/h6-12,14H,5,13,15H2,1-4H3. The fourth-order valence-electron chi connectivity index (χ4n) is 3.76. The molecular formula is C24H26N4O2. The van der Waals surface area contributed by atoms with Crippen LogP contribution >= 0.6 is 0 Å². The fraction of sp³-hybridized carbons (Fsp3) is 0.292. The Morgan fingerprint density at radius 2 is 1.90 bits per heavy atom. The van der Waals surface area contributed by atoms with Crippen LogP contribution in [-0.4, -0.2) is 25.5 Å². The van der Waals surface area contributed by atoms with Crippen LogP contribution in [0.15, 0.2) is 48.7 Å². The molecule has 4 aromatic rings. The predicted molar refractivity (Wildman–Crippen MR) is 117 cm³/mol. The lowest BCUT2D eigenvalue weighted by Crippen LogP contribution is -2.12. The molecule has 6 heteroatoms. The summed E-state index contributed by atoms with van der Waals surface area (Å²) in [6, 6.07) is 14.2. The Bertz CT molecular complexity index is 1220. The van der Waals surface area contributed by atoms with Crippen LogP contribution in [0.4, 0.5) is 0 Å². The third kappa shape index (κ3) is 4.13. The summed E-state index contributed by atoms with van der Waals surface area (Å²) in [4.78, 5) is 12.5. The minimum absolute atomic E-state index is 0.195. The highest BCUT2D eigenvalue weighted by atomic mass is 16.5. The van der Waals surface area contributed by atoms with Gasteiger partial charge in [-0.15, -0.1) is 0 Å². The number of ether oxygens (including phenoxy) is 1. The molecule has 0 fully saturated rings. The summed E-state index contributed by atoms with van der Waals surface area (Å²) in [6.45, 7) is 7.13. The molecule has 0 unspecified atom stereocenters. The summed E-state index contributed by atoms with van der Waals surface area (Å²) in [5, 5.41) is 10.1. The summed E-state index contributed by atoms with van der Waals surface area (Å²) < 4.78 is 9.18. The number of esters is 1. The van der Waals surface area contributed by atoms with Crippen LogP contribution in [0.2, 0.25) is 0 Å². The average molecular weight is 402 g/mol. The Labute approximate surface area is 176 Å². The van der Waals surface area contributed by atoms with Crippen LogP contribution in [0.5, 0.6) is 0 Å². The number of aryl methyl sites for hydroxylation is 4. The van der Waals surface area contributed by atoms with E-state index in [1.165, 1.54) is 11.1 Å². The molecule has 0 amide bonds. The number of hydrogen-bond donors (Lipinski definition) is 0. The van der Waals surface area contributed by atoms with Crippen LogP contribution in [-0.2, 0) is 36.2 Å². The van der Waals surface area contributed by atoms with Gasteiger partial charge in [0.05, 0.1) is 23.3 Å². The van der Waals surface area contributed by atoms with Crippen molar-refractivity contribution >= 4 is 16.9 Å². The van der Waals surface area contributed by atoms with Gasteiger partial charge in [-0.3, -0.25) is 14.2 Å². The summed E-state index contributed by atoms with van der Waals surface area (Å²) in [7, 11) is 1.89. The topological polar surface area (TPSA) is 61.9 Å². The highest BCUT2D eigenvalue weighted by Gasteiger charge is 2.15. The predicted octanol–water partition coefficient (Wildman–Crippen LogP) is 4.36. The molecule has 0 aliphatic carbocycles. The molecule has 0 N–H and O–H groups in total. The van der Waals surface area contributed by atoms with E-state index in [4.69, 9.17) is 9.84 Å². The summed E-state index contributed by atoms with van der Waals surface area (Å²) >= 11 is 0. The molecule has 2 heterocycles. The van der Waals surface area contributed by atoms with E-state index < -0.39 is 0 Å². The van der Waals surface area contributed by atoms with Gasteiger partial charge in [-0.2, -0.15) is 10.2 Å². The third-order valence-corrected chi connectivity index (χ3v) is 5.23. The highest BCUT2D eigenvalue weighted by molar-refractivity contribution is 5.79. The maximum absolute atomic E-state index is 12.5. The highest BCUT2D eigenvalue weighted by Crippen LogP contribution is 2.24. The van der Waals surface area contributed by atoms with Gasteiger partial charge in [0.2, 0.25) is 0 Å². The zero-order valence-electron chi connectivity index (χ0n) is 17.8. The molecule has 0 atom stereocenters. The molecule has 0 saturated carbocycles. The molecular weight excluding hydrogens is 376 g/mol. The molecule has 0 bridgehead atoms. The normalized spacial score (nSPS) is 11.2. The van der Waals surface area contributed by atoms with Crippen LogP contribution in [0.3, 0.4) is 0 Å². The van der Waals surface area contributed by atoms with E-state index in [0.717, 1.165) is 33.4 Å². The molecule has 0 aliphatic heterocycles. The summed E-state index contributed by atoms with van der Waals surface area (Å²) in [5.41, 5.74) is 7.11. The lowest BCUT2D eigenvalue weighted by molar-refractivity contribution is -0.144. The van der Waals surface area contributed by atoms with E-state index in [1.807, 2.05) is 49.1 Å². The lowest BCUT2D eigenvalue weighted by atomic mass is 10.0. The monoisotopic (exact) mass is 402 g/mol. The third-order valence-electron chi connectivity index (χ3n) is 5.23. The first kappa shape index (κ1) is 19.9. The van der Waals surface area contributed by atoms with Crippen LogP contribution < -0.4 is 0 Å². The lowest BCUT2D eigenvalue weighted by Gasteiger charge is -2.06. The van der Waals surface area contributed by atoms with Crippen molar-refractivity contribution in [2.24, 2.45) is 7.05 Å². The number of fused-ring (bicyclic) bond motifs is 1. The van der Waals surface area contributed by atoms with Crippen molar-refractivity contribution in [3.05, 3.63) is 71.0 Å². The molecule has 4 rings (SSSR count). The Balaban J connectivity index is 1.46. The van der Waals surface area contributed by atoms with Crippen molar-refractivity contribution in [1.82, 2.24) is 19.6 Å². The van der Waals surface area contributed by atoms with Gasteiger partial charge in [0.15, 0.2) is 0 Å². The second-order valence-corrected chi connectivity index (χ2v) is 7.69. The molecule has 0 radical (unpaired) electrons. The largest absolute Gasteiger partial charge is 0.461 e. The maximum Gasteiger partial charge on any atom is 0.312 e. The molecule has 30 heavy (non-hydrogen) atoms. The van der Waals surface area contributed by atoms with E-state index in [0.29, 0.717) is 6.54 Å². The minimum Gasteiger partial charge on any atom is -0.461 e. The number of rotatable bonds is 6. The van der Waals surface area contributed by atoms with E-state index in [1.54, 1.807) is 4.68 Å². The quantitative estimate of drug-likeness (QED) is 0.450. The molecule has 2 aromatic heterocycles. The zero-order chi connectivity index (χ0) is 21.3. The number of aromatic nitrogens is 4. The zero-order valence-corrected chi connectivity index (χ0v) is 17.8. The van der Waals surface area contributed by atoms with Gasteiger partial charge in [-0.1, -0.05) is 29.8 Å². The van der Waals surface area contributed by atoms with Crippen LogP contribution in [0.1, 0.15) is 29.3 Å². The van der Waals surface area contributed by atoms with Gasteiger partial charge in [-0.05, 0) is 50.1 Å². The first-order valence-corrected chi connectivity index (χ1v) is 10.1. The second kappa shape index (κ2) is 8.14. The van der Waals surface area contributed by atoms with Gasteiger partial charge >= 0.3 is 5.97 Å². The van der Waals surface area contributed by atoms with Crippen molar-refractivity contribution in [2.45, 2.75) is 40.3 Å². The van der Waals surface area contributed by atoms with Gasteiger partial charge in [0, 0.05) is 30.7 Å². The van der Waals surface area contributed by atoms with Gasteiger partial charge in [0.1, 0.15) is 6.61 Å². The van der Waals surface area contributed by atoms with E-state index in [2.05, 4.69) is 37.1 Å². The molecule has 0 aliphatic rings. The fourth-order valence-corrected chi connectivity index (χ4v) is 3.76. The molecule has 0 saturated heterocycles.